The van der Waals surface area contributed by atoms with Gasteiger partial charge in [-0.25, -0.2) is 0 Å². The van der Waals surface area contributed by atoms with Crippen LogP contribution in [0.3, 0.4) is 0 Å². The van der Waals surface area contributed by atoms with E-state index in [0.29, 0.717) is 11.5 Å². The van der Waals surface area contributed by atoms with E-state index in [1.807, 2.05) is 32.9 Å². The number of hydrogen-bond acceptors (Lipinski definition) is 4. The molecule has 0 aliphatic rings. The van der Waals surface area contributed by atoms with Crippen molar-refractivity contribution in [1.29, 1.82) is 0 Å². The second kappa shape index (κ2) is 5.59. The highest BCUT2D eigenvalue weighted by molar-refractivity contribution is 5.48. The fourth-order valence-electron chi connectivity index (χ4n) is 1.88. The zero-order chi connectivity index (χ0) is 13.9. The molecule has 3 N–H and O–H groups in total. The van der Waals surface area contributed by atoms with E-state index in [9.17, 15) is 5.11 Å². The van der Waals surface area contributed by atoms with Crippen molar-refractivity contribution in [1.82, 2.24) is 0 Å². The van der Waals surface area contributed by atoms with Gasteiger partial charge in [0.05, 0.1) is 26.4 Å². The highest BCUT2D eigenvalue weighted by atomic mass is 16.5. The number of aliphatic hydroxyl groups excluding tert-OH is 1. The zero-order valence-corrected chi connectivity index (χ0v) is 11.7. The number of para-hydroxylation sites is 1. The van der Waals surface area contributed by atoms with Crippen molar-refractivity contribution >= 4 is 0 Å². The standard InChI is InChI=1S/C14H23NO3/c1-14(2,3)13(16)11(15)9-7-6-8-10(17-4)12(9)18-5/h6-8,11,13,16H,15H2,1-5H3/t11-,13-/m0/s1. The molecule has 1 rings (SSSR count). The van der Waals surface area contributed by atoms with Crippen LogP contribution in [0.4, 0.5) is 0 Å². The van der Waals surface area contributed by atoms with Gasteiger partial charge in [-0.15, -0.1) is 0 Å². The maximum Gasteiger partial charge on any atom is 0.165 e. The van der Waals surface area contributed by atoms with E-state index in [1.165, 1.54) is 0 Å². The molecule has 18 heavy (non-hydrogen) atoms. The number of ether oxygens (including phenoxy) is 2. The van der Waals surface area contributed by atoms with E-state index in [2.05, 4.69) is 0 Å². The molecule has 0 radical (unpaired) electrons. The summed E-state index contributed by atoms with van der Waals surface area (Å²) >= 11 is 0. The van der Waals surface area contributed by atoms with Crippen LogP contribution in [0.15, 0.2) is 18.2 Å². The van der Waals surface area contributed by atoms with Crippen LogP contribution in [-0.2, 0) is 0 Å². The summed E-state index contributed by atoms with van der Waals surface area (Å²) in [5.74, 6) is 1.20. The van der Waals surface area contributed by atoms with Gasteiger partial charge in [0.1, 0.15) is 0 Å². The van der Waals surface area contributed by atoms with Gasteiger partial charge >= 0.3 is 0 Å². The Morgan fingerprint density at radius 2 is 1.78 bits per heavy atom. The van der Waals surface area contributed by atoms with Crippen LogP contribution in [0.5, 0.6) is 11.5 Å². The van der Waals surface area contributed by atoms with Gasteiger partial charge in [0.2, 0.25) is 0 Å². The van der Waals surface area contributed by atoms with Crippen LogP contribution in [-0.4, -0.2) is 25.4 Å². The Morgan fingerprint density at radius 3 is 2.22 bits per heavy atom. The van der Waals surface area contributed by atoms with Crippen molar-refractivity contribution < 1.29 is 14.6 Å². The largest absolute Gasteiger partial charge is 0.493 e. The van der Waals surface area contributed by atoms with E-state index in [1.54, 1.807) is 20.3 Å². The third-order valence-electron chi connectivity index (χ3n) is 3.02. The van der Waals surface area contributed by atoms with Gasteiger partial charge in [0, 0.05) is 5.56 Å². The fourth-order valence-corrected chi connectivity index (χ4v) is 1.88. The van der Waals surface area contributed by atoms with Crippen molar-refractivity contribution in [3.63, 3.8) is 0 Å². The molecule has 0 aromatic heterocycles. The van der Waals surface area contributed by atoms with E-state index in [0.717, 1.165) is 5.56 Å². The second-order valence-corrected chi connectivity index (χ2v) is 5.42. The molecule has 0 bridgehead atoms. The predicted molar refractivity (Wildman–Crippen MR) is 71.9 cm³/mol. The molecule has 0 fully saturated rings. The molecule has 0 unspecified atom stereocenters. The third-order valence-corrected chi connectivity index (χ3v) is 3.02. The number of aliphatic hydroxyl groups is 1. The number of benzene rings is 1. The average Bonchev–Trinajstić information content (AvgIpc) is 2.34. The summed E-state index contributed by atoms with van der Waals surface area (Å²) in [7, 11) is 3.14. The van der Waals surface area contributed by atoms with Gasteiger partial charge in [0.25, 0.3) is 0 Å². The van der Waals surface area contributed by atoms with Gasteiger partial charge < -0.3 is 20.3 Å². The molecule has 1 aromatic rings. The molecule has 4 heteroatoms. The summed E-state index contributed by atoms with van der Waals surface area (Å²) in [5, 5.41) is 10.3. The lowest BCUT2D eigenvalue weighted by Crippen LogP contribution is -2.37. The average molecular weight is 253 g/mol. The molecule has 0 aliphatic carbocycles. The quantitative estimate of drug-likeness (QED) is 0.862. The minimum atomic E-state index is -0.668. The number of hydrogen-bond donors (Lipinski definition) is 2. The number of methoxy groups -OCH3 is 2. The summed E-state index contributed by atoms with van der Waals surface area (Å²) in [5.41, 5.74) is 6.59. The van der Waals surface area contributed by atoms with Crippen molar-refractivity contribution in [2.75, 3.05) is 14.2 Å². The SMILES string of the molecule is COc1cccc([C@H](N)[C@H](O)C(C)(C)C)c1OC. The van der Waals surface area contributed by atoms with Gasteiger partial charge in [-0.1, -0.05) is 32.9 Å². The van der Waals surface area contributed by atoms with Crippen molar-refractivity contribution in [3.05, 3.63) is 23.8 Å². The summed E-state index contributed by atoms with van der Waals surface area (Å²) in [6.07, 6.45) is -0.668. The van der Waals surface area contributed by atoms with Gasteiger partial charge in [0.15, 0.2) is 11.5 Å². The molecule has 102 valence electrons. The van der Waals surface area contributed by atoms with E-state index >= 15 is 0 Å². The Kier molecular flexibility index (Phi) is 4.59. The molecule has 0 spiro atoms. The molecule has 2 atom stereocenters. The Hall–Kier alpha value is -1.26. The second-order valence-electron chi connectivity index (χ2n) is 5.42. The molecular weight excluding hydrogens is 230 g/mol. The van der Waals surface area contributed by atoms with Crippen LogP contribution >= 0.6 is 0 Å². The highest BCUT2D eigenvalue weighted by Crippen LogP contribution is 2.37. The smallest absolute Gasteiger partial charge is 0.165 e. The fraction of sp³-hybridized carbons (Fsp3) is 0.571. The molecule has 1 aromatic carbocycles. The summed E-state index contributed by atoms with van der Waals surface area (Å²) in [4.78, 5) is 0. The predicted octanol–water partition coefficient (Wildman–Crippen LogP) is 2.11. The van der Waals surface area contributed by atoms with Gasteiger partial charge in [-0.05, 0) is 11.5 Å². The Morgan fingerprint density at radius 1 is 1.17 bits per heavy atom. The van der Waals surface area contributed by atoms with Crippen molar-refractivity contribution in [2.24, 2.45) is 11.1 Å². The molecular formula is C14H23NO3. The van der Waals surface area contributed by atoms with Crippen molar-refractivity contribution in [2.45, 2.75) is 32.9 Å². The van der Waals surface area contributed by atoms with Crippen molar-refractivity contribution in [3.8, 4) is 11.5 Å². The van der Waals surface area contributed by atoms with E-state index in [-0.39, 0.29) is 5.41 Å². The first-order valence-electron chi connectivity index (χ1n) is 5.97. The lowest BCUT2D eigenvalue weighted by atomic mass is 9.82. The summed E-state index contributed by atoms with van der Waals surface area (Å²) < 4.78 is 10.6. The lowest BCUT2D eigenvalue weighted by molar-refractivity contribution is 0.0394. The van der Waals surface area contributed by atoms with Gasteiger partial charge in [-0.3, -0.25) is 0 Å². The summed E-state index contributed by atoms with van der Waals surface area (Å²) in [6, 6.07) is 4.97. The molecule has 0 amide bonds. The van der Waals surface area contributed by atoms with Crippen LogP contribution in [0.25, 0.3) is 0 Å². The normalized spacial score (nSPS) is 15.1. The van der Waals surface area contributed by atoms with Crippen LogP contribution in [0, 0.1) is 5.41 Å². The first-order valence-corrected chi connectivity index (χ1v) is 5.97. The highest BCUT2D eigenvalue weighted by Gasteiger charge is 2.31. The maximum atomic E-state index is 10.3. The molecule has 0 saturated heterocycles. The van der Waals surface area contributed by atoms with E-state index in [4.69, 9.17) is 15.2 Å². The first-order chi connectivity index (χ1) is 8.32. The summed E-state index contributed by atoms with van der Waals surface area (Å²) in [6.45, 7) is 5.85. The Balaban J connectivity index is 3.17. The topological polar surface area (TPSA) is 64.7 Å². The van der Waals surface area contributed by atoms with Crippen LogP contribution in [0.1, 0.15) is 32.4 Å². The molecule has 0 aliphatic heterocycles. The first kappa shape index (κ1) is 14.8. The molecule has 0 saturated carbocycles. The number of nitrogens with two attached hydrogens (primary N) is 1. The van der Waals surface area contributed by atoms with Crippen LogP contribution in [0.2, 0.25) is 0 Å². The molecule has 4 nitrogen and oxygen atoms in total. The maximum absolute atomic E-state index is 10.3. The lowest BCUT2D eigenvalue weighted by Gasteiger charge is -2.31. The number of rotatable bonds is 4. The minimum Gasteiger partial charge on any atom is -0.493 e. The van der Waals surface area contributed by atoms with E-state index < -0.39 is 12.1 Å². The Bertz CT molecular complexity index is 399. The Labute approximate surface area is 109 Å². The molecule has 0 heterocycles. The monoisotopic (exact) mass is 253 g/mol. The zero-order valence-electron chi connectivity index (χ0n) is 11.7. The van der Waals surface area contributed by atoms with Crippen LogP contribution < -0.4 is 15.2 Å². The third kappa shape index (κ3) is 2.94. The minimum absolute atomic E-state index is 0.298. The van der Waals surface area contributed by atoms with Gasteiger partial charge in [-0.2, -0.15) is 0 Å².